The number of sulfonamides is 1. The molecule has 6 nitrogen and oxygen atoms in total. The van der Waals surface area contributed by atoms with Gasteiger partial charge in [0.2, 0.25) is 10.0 Å². The first kappa shape index (κ1) is 16.6. The van der Waals surface area contributed by atoms with E-state index in [0.29, 0.717) is 12.0 Å². The van der Waals surface area contributed by atoms with Crippen molar-refractivity contribution in [1.82, 2.24) is 4.72 Å². The van der Waals surface area contributed by atoms with Gasteiger partial charge in [-0.2, -0.15) is 0 Å². The highest BCUT2D eigenvalue weighted by atomic mass is 32.2. The Morgan fingerprint density at radius 1 is 1.30 bits per heavy atom. The third-order valence-electron chi connectivity index (χ3n) is 2.66. The first-order valence-corrected chi connectivity index (χ1v) is 7.84. The maximum atomic E-state index is 11.9. The Kier molecular flexibility index (Phi) is 6.12. The van der Waals surface area contributed by atoms with Crippen molar-refractivity contribution in [2.75, 3.05) is 13.2 Å². The predicted octanol–water partition coefficient (Wildman–Crippen LogP) is 0.912. The Morgan fingerprint density at radius 2 is 1.90 bits per heavy atom. The molecule has 20 heavy (non-hydrogen) atoms. The van der Waals surface area contributed by atoms with Gasteiger partial charge in [0.25, 0.3) is 0 Å². The summed E-state index contributed by atoms with van der Waals surface area (Å²) < 4.78 is 31.0. The first-order valence-electron chi connectivity index (χ1n) is 6.35. The van der Waals surface area contributed by atoms with Gasteiger partial charge in [0.15, 0.2) is 0 Å². The molecular formula is C13H19NO5S. The van der Waals surface area contributed by atoms with Crippen molar-refractivity contribution in [3.05, 3.63) is 29.8 Å². The zero-order valence-corrected chi connectivity index (χ0v) is 12.3. The van der Waals surface area contributed by atoms with Crippen molar-refractivity contribution in [3.63, 3.8) is 0 Å². The molecule has 1 unspecified atom stereocenters. The molecule has 0 amide bonds. The summed E-state index contributed by atoms with van der Waals surface area (Å²) in [4.78, 5) is 11.5. The Bertz CT molecular complexity index is 538. The Hall–Kier alpha value is -1.44. The minimum absolute atomic E-state index is 0.0360. The molecule has 0 bridgehead atoms. The van der Waals surface area contributed by atoms with Crippen molar-refractivity contribution in [2.24, 2.45) is 0 Å². The average Bonchev–Trinajstić information content (AvgIpc) is 2.45. The second-order valence-electron chi connectivity index (χ2n) is 4.16. The largest absolute Gasteiger partial charge is 0.462 e. The summed E-state index contributed by atoms with van der Waals surface area (Å²) in [5.74, 6) is -0.495. The number of ether oxygens (including phenoxy) is 1. The molecule has 1 aromatic rings. The fraction of sp³-hybridized carbons (Fsp3) is 0.462. The number of esters is 1. The maximum Gasteiger partial charge on any atom is 0.338 e. The van der Waals surface area contributed by atoms with Gasteiger partial charge in [-0.25, -0.2) is 17.9 Å². The number of hydrogen-bond acceptors (Lipinski definition) is 5. The summed E-state index contributed by atoms with van der Waals surface area (Å²) in [5, 5.41) is 9.36. The second-order valence-corrected chi connectivity index (χ2v) is 5.93. The molecule has 1 atom stereocenters. The van der Waals surface area contributed by atoms with E-state index in [4.69, 9.17) is 4.74 Å². The number of hydrogen-bond donors (Lipinski definition) is 2. The highest BCUT2D eigenvalue weighted by Crippen LogP contribution is 2.11. The molecule has 0 saturated heterocycles. The van der Waals surface area contributed by atoms with Gasteiger partial charge in [0.05, 0.1) is 23.2 Å². The van der Waals surface area contributed by atoms with Gasteiger partial charge in [0, 0.05) is 6.54 Å². The van der Waals surface area contributed by atoms with Crippen LogP contribution >= 0.6 is 0 Å². The zero-order chi connectivity index (χ0) is 15.2. The van der Waals surface area contributed by atoms with Gasteiger partial charge in [-0.3, -0.25) is 0 Å². The SMILES string of the molecule is CCOC(=O)c1ccc(S(=O)(=O)NCC(O)CC)cc1. The summed E-state index contributed by atoms with van der Waals surface area (Å²) >= 11 is 0. The number of benzene rings is 1. The second kappa shape index (κ2) is 7.37. The van der Waals surface area contributed by atoms with Crippen LogP contribution in [0.15, 0.2) is 29.2 Å². The standard InChI is InChI=1S/C13H19NO5S/c1-3-11(15)9-14-20(17,18)12-7-5-10(6-8-12)13(16)19-4-2/h5-8,11,14-15H,3-4,9H2,1-2H3. The van der Waals surface area contributed by atoms with Crippen LogP contribution in [0.5, 0.6) is 0 Å². The summed E-state index contributed by atoms with van der Waals surface area (Å²) in [7, 11) is -3.68. The van der Waals surface area contributed by atoms with Gasteiger partial charge in [0.1, 0.15) is 0 Å². The van der Waals surface area contributed by atoms with E-state index in [2.05, 4.69) is 4.72 Å². The first-order chi connectivity index (χ1) is 9.40. The molecule has 0 aliphatic heterocycles. The van der Waals surface area contributed by atoms with Crippen molar-refractivity contribution in [1.29, 1.82) is 0 Å². The van der Waals surface area contributed by atoms with E-state index < -0.39 is 22.1 Å². The van der Waals surface area contributed by atoms with Crippen LogP contribution in [0.1, 0.15) is 30.6 Å². The van der Waals surface area contributed by atoms with E-state index >= 15 is 0 Å². The van der Waals surface area contributed by atoms with Gasteiger partial charge in [-0.05, 0) is 37.6 Å². The predicted molar refractivity (Wildman–Crippen MR) is 73.9 cm³/mol. The van der Waals surface area contributed by atoms with E-state index in [1.54, 1.807) is 13.8 Å². The number of aliphatic hydroxyl groups excluding tert-OH is 1. The summed E-state index contributed by atoms with van der Waals surface area (Å²) in [6, 6.07) is 5.44. The maximum absolute atomic E-state index is 11.9. The topological polar surface area (TPSA) is 92.7 Å². The molecule has 0 aromatic heterocycles. The summed E-state index contributed by atoms with van der Waals surface area (Å²) in [5.41, 5.74) is 0.291. The Morgan fingerprint density at radius 3 is 2.40 bits per heavy atom. The third-order valence-corrected chi connectivity index (χ3v) is 4.10. The molecule has 0 heterocycles. The number of aliphatic hydroxyl groups is 1. The normalized spacial score (nSPS) is 12.9. The van der Waals surface area contributed by atoms with Gasteiger partial charge in [-0.15, -0.1) is 0 Å². The minimum atomic E-state index is -3.68. The molecular weight excluding hydrogens is 282 g/mol. The van der Waals surface area contributed by atoms with Crippen LogP contribution in [0.4, 0.5) is 0 Å². The van der Waals surface area contributed by atoms with Gasteiger partial charge in [-0.1, -0.05) is 6.92 Å². The van der Waals surface area contributed by atoms with Crippen LogP contribution in [0, 0.1) is 0 Å². The van der Waals surface area contributed by atoms with Crippen LogP contribution in [0.2, 0.25) is 0 Å². The Balaban J connectivity index is 2.79. The highest BCUT2D eigenvalue weighted by molar-refractivity contribution is 7.89. The molecule has 0 aliphatic rings. The van der Waals surface area contributed by atoms with Gasteiger partial charge >= 0.3 is 5.97 Å². The number of carbonyl (C=O) groups excluding carboxylic acids is 1. The highest BCUT2D eigenvalue weighted by Gasteiger charge is 2.16. The van der Waals surface area contributed by atoms with E-state index in [9.17, 15) is 18.3 Å². The molecule has 0 aliphatic carbocycles. The lowest BCUT2D eigenvalue weighted by Crippen LogP contribution is -2.31. The molecule has 7 heteroatoms. The van der Waals surface area contributed by atoms with E-state index in [1.165, 1.54) is 24.3 Å². The Labute approximate surface area is 118 Å². The molecule has 1 aromatic carbocycles. The average molecular weight is 301 g/mol. The summed E-state index contributed by atoms with van der Waals surface area (Å²) in [6.07, 6.45) is -0.256. The molecule has 0 fully saturated rings. The third kappa shape index (κ3) is 4.59. The number of rotatable bonds is 7. The van der Waals surface area contributed by atoms with E-state index in [1.807, 2.05) is 0 Å². The van der Waals surface area contributed by atoms with Crippen molar-refractivity contribution >= 4 is 16.0 Å². The van der Waals surface area contributed by atoms with Crippen LogP contribution in [-0.4, -0.2) is 38.7 Å². The lowest BCUT2D eigenvalue weighted by atomic mass is 10.2. The molecule has 0 spiro atoms. The molecule has 1 rings (SSSR count). The summed E-state index contributed by atoms with van der Waals surface area (Å²) in [6.45, 7) is 3.67. The monoisotopic (exact) mass is 301 g/mol. The van der Waals surface area contributed by atoms with Crippen molar-refractivity contribution < 1.29 is 23.1 Å². The minimum Gasteiger partial charge on any atom is -0.462 e. The van der Waals surface area contributed by atoms with Crippen LogP contribution < -0.4 is 4.72 Å². The lowest BCUT2D eigenvalue weighted by molar-refractivity contribution is 0.0526. The van der Waals surface area contributed by atoms with Crippen LogP contribution in [0.25, 0.3) is 0 Å². The smallest absolute Gasteiger partial charge is 0.338 e. The number of nitrogens with one attached hydrogen (secondary N) is 1. The zero-order valence-electron chi connectivity index (χ0n) is 11.5. The fourth-order valence-corrected chi connectivity index (χ4v) is 2.49. The quantitative estimate of drug-likeness (QED) is 0.730. The van der Waals surface area contributed by atoms with Gasteiger partial charge < -0.3 is 9.84 Å². The molecule has 0 saturated carbocycles. The molecule has 0 radical (unpaired) electrons. The fourth-order valence-electron chi connectivity index (χ4n) is 1.42. The van der Waals surface area contributed by atoms with Crippen LogP contribution in [0.3, 0.4) is 0 Å². The van der Waals surface area contributed by atoms with Crippen molar-refractivity contribution in [2.45, 2.75) is 31.3 Å². The molecule has 2 N–H and O–H groups in total. The van der Waals surface area contributed by atoms with E-state index in [0.717, 1.165) is 0 Å². The van der Waals surface area contributed by atoms with Crippen LogP contribution in [-0.2, 0) is 14.8 Å². The van der Waals surface area contributed by atoms with Crippen molar-refractivity contribution in [3.8, 4) is 0 Å². The molecule has 112 valence electrons. The van der Waals surface area contributed by atoms with E-state index in [-0.39, 0.29) is 18.0 Å². The lowest BCUT2D eigenvalue weighted by Gasteiger charge is -2.10. The number of carbonyl (C=O) groups is 1.